The highest BCUT2D eigenvalue weighted by atomic mass is 35.5. The Morgan fingerprint density at radius 1 is 1.33 bits per heavy atom. The third-order valence-corrected chi connectivity index (χ3v) is 4.57. The van der Waals surface area contributed by atoms with Gasteiger partial charge in [0.1, 0.15) is 0 Å². The molecule has 3 nitrogen and oxygen atoms in total. The summed E-state index contributed by atoms with van der Waals surface area (Å²) in [6.07, 6.45) is 4.29. The van der Waals surface area contributed by atoms with E-state index in [-0.39, 0.29) is 6.03 Å². The predicted octanol–water partition coefficient (Wildman–Crippen LogP) is 4.01. The summed E-state index contributed by atoms with van der Waals surface area (Å²) in [4.78, 5) is 11.9. The number of urea groups is 1. The van der Waals surface area contributed by atoms with Crippen molar-refractivity contribution >= 4 is 17.6 Å². The molecule has 21 heavy (non-hydrogen) atoms. The monoisotopic (exact) mass is 308 g/mol. The van der Waals surface area contributed by atoms with Gasteiger partial charge in [-0.25, -0.2) is 4.79 Å². The molecule has 0 radical (unpaired) electrons. The Morgan fingerprint density at radius 2 is 2.14 bits per heavy atom. The van der Waals surface area contributed by atoms with Gasteiger partial charge in [0.2, 0.25) is 0 Å². The fraction of sp³-hybridized carbons (Fsp3) is 0.588. The van der Waals surface area contributed by atoms with E-state index < -0.39 is 0 Å². The van der Waals surface area contributed by atoms with Crippen molar-refractivity contribution in [2.45, 2.75) is 45.6 Å². The number of amides is 2. The molecule has 1 saturated carbocycles. The number of benzene rings is 1. The number of halogens is 1. The second kappa shape index (κ2) is 7.69. The summed E-state index contributed by atoms with van der Waals surface area (Å²) in [5.41, 5.74) is 1.14. The summed E-state index contributed by atoms with van der Waals surface area (Å²) in [5.74, 6) is 1.34. The van der Waals surface area contributed by atoms with Crippen molar-refractivity contribution < 1.29 is 4.79 Å². The SMILES string of the molecule is CC1CCC(NC(=O)NCCc2cccc(Cl)c2)C(C)C1. The third kappa shape index (κ3) is 5.24. The molecule has 3 atom stereocenters. The van der Waals surface area contributed by atoms with E-state index in [4.69, 9.17) is 11.6 Å². The first-order valence-electron chi connectivity index (χ1n) is 7.83. The van der Waals surface area contributed by atoms with Crippen molar-refractivity contribution in [2.75, 3.05) is 6.54 Å². The Labute approximate surface area is 132 Å². The highest BCUT2D eigenvalue weighted by Gasteiger charge is 2.26. The molecular weight excluding hydrogens is 284 g/mol. The summed E-state index contributed by atoms with van der Waals surface area (Å²) in [6.45, 7) is 5.15. The van der Waals surface area contributed by atoms with Crippen LogP contribution in [0, 0.1) is 11.8 Å². The number of nitrogens with one attached hydrogen (secondary N) is 2. The Hall–Kier alpha value is -1.22. The summed E-state index contributed by atoms with van der Waals surface area (Å²) in [5, 5.41) is 6.79. The van der Waals surface area contributed by atoms with Gasteiger partial charge in [0, 0.05) is 17.6 Å². The molecular formula is C17H25ClN2O. The van der Waals surface area contributed by atoms with E-state index in [0.29, 0.717) is 18.5 Å². The number of rotatable bonds is 4. The molecule has 2 rings (SSSR count). The van der Waals surface area contributed by atoms with E-state index in [1.54, 1.807) is 0 Å². The standard InChI is InChI=1S/C17H25ClN2O/c1-12-6-7-16(13(2)10-12)20-17(21)19-9-8-14-4-3-5-15(18)11-14/h3-5,11-13,16H,6-10H2,1-2H3,(H2,19,20,21). The molecule has 0 spiro atoms. The molecule has 0 heterocycles. The summed E-state index contributed by atoms with van der Waals surface area (Å²) in [6, 6.07) is 8.01. The van der Waals surface area contributed by atoms with Gasteiger partial charge in [-0.05, 0) is 55.2 Å². The van der Waals surface area contributed by atoms with Crippen LogP contribution in [-0.4, -0.2) is 18.6 Å². The second-order valence-electron chi connectivity index (χ2n) is 6.28. The van der Waals surface area contributed by atoms with Crippen molar-refractivity contribution in [3.63, 3.8) is 0 Å². The van der Waals surface area contributed by atoms with Gasteiger partial charge in [0.25, 0.3) is 0 Å². The zero-order valence-electron chi connectivity index (χ0n) is 12.9. The topological polar surface area (TPSA) is 41.1 Å². The average molecular weight is 309 g/mol. The number of hydrogen-bond donors (Lipinski definition) is 2. The summed E-state index contributed by atoms with van der Waals surface area (Å²) in [7, 11) is 0. The fourth-order valence-corrected chi connectivity index (χ4v) is 3.32. The molecule has 1 aliphatic rings. The van der Waals surface area contributed by atoms with E-state index in [1.165, 1.54) is 12.8 Å². The molecule has 0 bridgehead atoms. The van der Waals surface area contributed by atoms with Crippen molar-refractivity contribution in [1.29, 1.82) is 0 Å². The molecule has 0 saturated heterocycles. The quantitative estimate of drug-likeness (QED) is 0.867. The van der Waals surface area contributed by atoms with Crippen LogP contribution in [-0.2, 0) is 6.42 Å². The number of carbonyl (C=O) groups is 1. The maximum absolute atomic E-state index is 11.9. The molecule has 116 valence electrons. The molecule has 0 aromatic heterocycles. The lowest BCUT2D eigenvalue weighted by Crippen LogP contribution is -2.47. The largest absolute Gasteiger partial charge is 0.338 e. The van der Waals surface area contributed by atoms with Crippen LogP contribution in [0.3, 0.4) is 0 Å². The van der Waals surface area contributed by atoms with Crippen LogP contribution < -0.4 is 10.6 Å². The first kappa shape index (κ1) is 16.2. The predicted molar refractivity (Wildman–Crippen MR) is 87.7 cm³/mol. The fourth-order valence-electron chi connectivity index (χ4n) is 3.11. The van der Waals surface area contributed by atoms with Crippen LogP contribution in [0.5, 0.6) is 0 Å². The van der Waals surface area contributed by atoms with Gasteiger partial charge < -0.3 is 10.6 Å². The molecule has 1 fully saturated rings. The highest BCUT2D eigenvalue weighted by molar-refractivity contribution is 6.30. The minimum atomic E-state index is -0.0524. The molecule has 4 heteroatoms. The van der Waals surface area contributed by atoms with Crippen molar-refractivity contribution in [2.24, 2.45) is 11.8 Å². The van der Waals surface area contributed by atoms with E-state index in [0.717, 1.165) is 29.3 Å². The Bertz CT molecular complexity index is 478. The van der Waals surface area contributed by atoms with Gasteiger partial charge in [-0.1, -0.05) is 37.6 Å². The van der Waals surface area contributed by atoms with Crippen LogP contribution in [0.2, 0.25) is 5.02 Å². The molecule has 1 aromatic rings. The molecule has 0 aliphatic heterocycles. The van der Waals surface area contributed by atoms with Gasteiger partial charge in [-0.2, -0.15) is 0 Å². The zero-order chi connectivity index (χ0) is 15.2. The van der Waals surface area contributed by atoms with Crippen LogP contribution in [0.1, 0.15) is 38.7 Å². The zero-order valence-corrected chi connectivity index (χ0v) is 13.6. The number of hydrogen-bond acceptors (Lipinski definition) is 1. The minimum Gasteiger partial charge on any atom is -0.338 e. The first-order chi connectivity index (χ1) is 10.0. The van der Waals surface area contributed by atoms with E-state index in [1.807, 2.05) is 24.3 Å². The smallest absolute Gasteiger partial charge is 0.315 e. The first-order valence-corrected chi connectivity index (χ1v) is 8.21. The summed E-state index contributed by atoms with van der Waals surface area (Å²) >= 11 is 5.94. The van der Waals surface area contributed by atoms with E-state index in [2.05, 4.69) is 24.5 Å². The normalized spacial score (nSPS) is 25.4. The van der Waals surface area contributed by atoms with Gasteiger partial charge in [-0.3, -0.25) is 0 Å². The lowest BCUT2D eigenvalue weighted by molar-refractivity contribution is 0.206. The lowest BCUT2D eigenvalue weighted by Gasteiger charge is -2.33. The number of carbonyl (C=O) groups excluding carboxylic acids is 1. The van der Waals surface area contributed by atoms with Gasteiger partial charge in [0.15, 0.2) is 0 Å². The van der Waals surface area contributed by atoms with Crippen LogP contribution >= 0.6 is 11.6 Å². The molecule has 3 unspecified atom stereocenters. The lowest BCUT2D eigenvalue weighted by atomic mass is 9.80. The molecule has 1 aliphatic carbocycles. The highest BCUT2D eigenvalue weighted by Crippen LogP contribution is 2.28. The Balaban J connectivity index is 1.70. The Kier molecular flexibility index (Phi) is 5.92. The van der Waals surface area contributed by atoms with Crippen LogP contribution in [0.25, 0.3) is 0 Å². The maximum Gasteiger partial charge on any atom is 0.315 e. The van der Waals surface area contributed by atoms with Gasteiger partial charge >= 0.3 is 6.03 Å². The average Bonchev–Trinajstić information content (AvgIpc) is 2.42. The molecule has 2 N–H and O–H groups in total. The van der Waals surface area contributed by atoms with Gasteiger partial charge in [-0.15, -0.1) is 0 Å². The van der Waals surface area contributed by atoms with Crippen LogP contribution in [0.15, 0.2) is 24.3 Å². The Morgan fingerprint density at radius 3 is 2.86 bits per heavy atom. The molecule has 1 aromatic carbocycles. The van der Waals surface area contributed by atoms with E-state index >= 15 is 0 Å². The van der Waals surface area contributed by atoms with Gasteiger partial charge in [0.05, 0.1) is 0 Å². The minimum absolute atomic E-state index is 0.0524. The second-order valence-corrected chi connectivity index (χ2v) is 6.72. The summed E-state index contributed by atoms with van der Waals surface area (Å²) < 4.78 is 0. The third-order valence-electron chi connectivity index (χ3n) is 4.34. The molecule has 2 amide bonds. The van der Waals surface area contributed by atoms with Crippen LogP contribution in [0.4, 0.5) is 4.79 Å². The van der Waals surface area contributed by atoms with Crippen molar-refractivity contribution in [1.82, 2.24) is 10.6 Å². The van der Waals surface area contributed by atoms with Crippen molar-refractivity contribution in [3.05, 3.63) is 34.9 Å². The van der Waals surface area contributed by atoms with Crippen molar-refractivity contribution in [3.8, 4) is 0 Å². The maximum atomic E-state index is 11.9. The van der Waals surface area contributed by atoms with E-state index in [9.17, 15) is 4.79 Å².